The summed E-state index contributed by atoms with van der Waals surface area (Å²) in [6, 6.07) is 0. The van der Waals surface area contributed by atoms with Gasteiger partial charge in [0.05, 0.1) is 0 Å². The monoisotopic (exact) mass is 214 g/mol. The van der Waals surface area contributed by atoms with Crippen molar-refractivity contribution in [2.45, 2.75) is 13.3 Å². The molecule has 1 saturated heterocycles. The van der Waals surface area contributed by atoms with Crippen LogP contribution in [0.25, 0.3) is 0 Å². The van der Waals surface area contributed by atoms with Gasteiger partial charge < -0.3 is 14.5 Å². The smallest absolute Gasteiger partial charge is 0.248 e. The molecule has 0 saturated carbocycles. The van der Waals surface area contributed by atoms with E-state index < -0.39 is 0 Å². The highest BCUT2D eigenvalue weighted by Crippen LogP contribution is 2.14. The molecule has 4 nitrogen and oxygen atoms in total. The lowest BCUT2D eigenvalue weighted by Crippen LogP contribution is -2.35. The Hall–Kier alpha value is -0.610. The van der Waals surface area contributed by atoms with Crippen LogP contribution in [0, 0.1) is 5.92 Å². The van der Waals surface area contributed by atoms with E-state index in [1.54, 1.807) is 4.90 Å². The molecule has 0 N–H and O–H groups in total. The normalized spacial score (nSPS) is 21.9. The Labute approximate surface area is 92.2 Å². The zero-order chi connectivity index (χ0) is 11.3. The summed E-state index contributed by atoms with van der Waals surface area (Å²) in [7, 11) is 3.99. The second-order valence-electron chi connectivity index (χ2n) is 4.33. The first kappa shape index (κ1) is 12.5. The first-order valence-corrected chi connectivity index (χ1v) is 5.63. The lowest BCUT2D eigenvalue weighted by atomic mass is 10.1. The van der Waals surface area contributed by atoms with E-state index in [9.17, 15) is 4.79 Å². The molecule has 88 valence electrons. The largest absolute Gasteiger partial charge is 0.372 e. The minimum Gasteiger partial charge on any atom is -0.372 e. The highest BCUT2D eigenvalue weighted by atomic mass is 16.5. The molecule has 1 rings (SSSR count). The molecule has 15 heavy (non-hydrogen) atoms. The molecule has 1 heterocycles. The molecule has 0 aliphatic carbocycles. The molecule has 1 unspecified atom stereocenters. The highest BCUT2D eigenvalue weighted by molar-refractivity contribution is 5.77. The zero-order valence-corrected chi connectivity index (χ0v) is 10.0. The van der Waals surface area contributed by atoms with E-state index >= 15 is 0 Å². The summed E-state index contributed by atoms with van der Waals surface area (Å²) in [4.78, 5) is 15.7. The van der Waals surface area contributed by atoms with Gasteiger partial charge in [-0.1, -0.05) is 0 Å². The Balaban J connectivity index is 2.22. The zero-order valence-electron chi connectivity index (χ0n) is 10.0. The van der Waals surface area contributed by atoms with Crippen molar-refractivity contribution in [2.75, 3.05) is 46.9 Å². The minimum absolute atomic E-state index is 0.0893. The lowest BCUT2D eigenvalue weighted by Gasteiger charge is -2.21. The SMILES string of the molecule is CCOCC(=O)N(C)CC1CCN(C)C1. The number of ether oxygens (including phenoxy) is 1. The predicted molar refractivity (Wildman–Crippen MR) is 59.7 cm³/mol. The number of nitrogens with zero attached hydrogens (tertiary/aromatic N) is 2. The van der Waals surface area contributed by atoms with Crippen molar-refractivity contribution in [3.8, 4) is 0 Å². The average Bonchev–Trinajstić information content (AvgIpc) is 2.60. The molecule has 0 radical (unpaired) electrons. The van der Waals surface area contributed by atoms with Gasteiger partial charge >= 0.3 is 0 Å². The molecular weight excluding hydrogens is 192 g/mol. The van der Waals surface area contributed by atoms with Gasteiger partial charge in [-0.3, -0.25) is 4.79 Å². The average molecular weight is 214 g/mol. The van der Waals surface area contributed by atoms with E-state index in [0.717, 1.165) is 19.6 Å². The van der Waals surface area contributed by atoms with E-state index in [2.05, 4.69) is 11.9 Å². The van der Waals surface area contributed by atoms with Crippen molar-refractivity contribution in [1.82, 2.24) is 9.80 Å². The molecule has 0 spiro atoms. The van der Waals surface area contributed by atoms with Crippen molar-refractivity contribution in [3.63, 3.8) is 0 Å². The minimum atomic E-state index is 0.0893. The fraction of sp³-hybridized carbons (Fsp3) is 0.909. The third kappa shape index (κ3) is 4.18. The molecule has 4 heteroatoms. The van der Waals surface area contributed by atoms with Crippen molar-refractivity contribution in [2.24, 2.45) is 5.92 Å². The van der Waals surface area contributed by atoms with Crippen LogP contribution in [-0.2, 0) is 9.53 Å². The van der Waals surface area contributed by atoms with E-state index in [4.69, 9.17) is 4.74 Å². The molecule has 1 fully saturated rings. The molecule has 0 aromatic carbocycles. The van der Waals surface area contributed by atoms with Crippen molar-refractivity contribution in [1.29, 1.82) is 0 Å². The number of likely N-dealkylation sites (N-methyl/N-ethyl adjacent to an activating group) is 1. The number of amides is 1. The van der Waals surface area contributed by atoms with Crippen LogP contribution in [0.5, 0.6) is 0 Å². The fourth-order valence-electron chi connectivity index (χ4n) is 1.96. The summed E-state index contributed by atoms with van der Waals surface area (Å²) in [6.07, 6.45) is 1.20. The Morgan fingerprint density at radius 2 is 2.33 bits per heavy atom. The van der Waals surface area contributed by atoms with Gasteiger partial charge in [0.1, 0.15) is 6.61 Å². The number of hydrogen-bond acceptors (Lipinski definition) is 3. The van der Waals surface area contributed by atoms with Crippen LogP contribution in [0.1, 0.15) is 13.3 Å². The van der Waals surface area contributed by atoms with Gasteiger partial charge in [0.15, 0.2) is 0 Å². The summed E-state index contributed by atoms with van der Waals surface area (Å²) in [5, 5.41) is 0. The number of likely N-dealkylation sites (tertiary alicyclic amines) is 1. The number of hydrogen-bond donors (Lipinski definition) is 0. The third-order valence-electron chi connectivity index (χ3n) is 2.88. The maximum atomic E-state index is 11.6. The number of carbonyl (C=O) groups is 1. The van der Waals surface area contributed by atoms with E-state index in [1.807, 2.05) is 14.0 Å². The fourth-order valence-corrected chi connectivity index (χ4v) is 1.96. The first-order valence-electron chi connectivity index (χ1n) is 5.63. The Kier molecular flexibility index (Phi) is 5.05. The van der Waals surface area contributed by atoms with E-state index in [1.165, 1.54) is 6.42 Å². The van der Waals surface area contributed by atoms with Gasteiger partial charge in [0.2, 0.25) is 5.91 Å². The summed E-state index contributed by atoms with van der Waals surface area (Å²) >= 11 is 0. The summed E-state index contributed by atoms with van der Waals surface area (Å²) < 4.78 is 5.10. The van der Waals surface area contributed by atoms with Crippen molar-refractivity contribution in [3.05, 3.63) is 0 Å². The van der Waals surface area contributed by atoms with Gasteiger partial charge in [0, 0.05) is 26.7 Å². The van der Waals surface area contributed by atoms with Crippen LogP contribution in [0.3, 0.4) is 0 Å². The van der Waals surface area contributed by atoms with Crippen LogP contribution in [-0.4, -0.2) is 62.7 Å². The maximum absolute atomic E-state index is 11.6. The number of rotatable bonds is 5. The third-order valence-corrected chi connectivity index (χ3v) is 2.88. The first-order chi connectivity index (χ1) is 7.13. The summed E-state index contributed by atoms with van der Waals surface area (Å²) in [5.74, 6) is 0.719. The Morgan fingerprint density at radius 1 is 1.60 bits per heavy atom. The lowest BCUT2D eigenvalue weighted by molar-refractivity contribution is -0.135. The van der Waals surface area contributed by atoms with Gasteiger partial charge in [-0.15, -0.1) is 0 Å². The predicted octanol–water partition coefficient (Wildman–Crippen LogP) is 0.433. The van der Waals surface area contributed by atoms with Crippen LogP contribution >= 0.6 is 0 Å². The van der Waals surface area contributed by atoms with E-state index in [-0.39, 0.29) is 12.5 Å². The quantitative estimate of drug-likeness (QED) is 0.665. The van der Waals surface area contributed by atoms with Gasteiger partial charge in [-0.25, -0.2) is 0 Å². The van der Waals surface area contributed by atoms with Crippen molar-refractivity contribution >= 4 is 5.91 Å². The topological polar surface area (TPSA) is 32.8 Å². The standard InChI is InChI=1S/C11H22N2O2/c1-4-15-9-11(14)13(3)8-10-5-6-12(2)7-10/h10H,4-9H2,1-3H3. The molecule has 1 aliphatic rings. The van der Waals surface area contributed by atoms with Crippen LogP contribution in [0.15, 0.2) is 0 Å². The Bertz CT molecular complexity index is 209. The molecule has 0 aromatic heterocycles. The van der Waals surface area contributed by atoms with Crippen molar-refractivity contribution < 1.29 is 9.53 Å². The number of carbonyl (C=O) groups excluding carboxylic acids is 1. The molecular formula is C11H22N2O2. The van der Waals surface area contributed by atoms with Gasteiger partial charge in [-0.05, 0) is 32.9 Å². The van der Waals surface area contributed by atoms with Crippen LogP contribution in [0.4, 0.5) is 0 Å². The van der Waals surface area contributed by atoms with Gasteiger partial charge in [0.25, 0.3) is 0 Å². The summed E-state index contributed by atoms with van der Waals surface area (Å²) in [6.45, 7) is 5.83. The highest BCUT2D eigenvalue weighted by Gasteiger charge is 2.22. The second-order valence-corrected chi connectivity index (χ2v) is 4.33. The molecule has 0 bridgehead atoms. The molecule has 0 aromatic rings. The Morgan fingerprint density at radius 3 is 2.87 bits per heavy atom. The summed E-state index contributed by atoms with van der Waals surface area (Å²) in [5.41, 5.74) is 0. The van der Waals surface area contributed by atoms with Gasteiger partial charge in [-0.2, -0.15) is 0 Å². The van der Waals surface area contributed by atoms with Crippen LogP contribution < -0.4 is 0 Å². The van der Waals surface area contributed by atoms with E-state index in [0.29, 0.717) is 12.5 Å². The van der Waals surface area contributed by atoms with Crippen LogP contribution in [0.2, 0.25) is 0 Å². The molecule has 1 amide bonds. The molecule has 1 atom stereocenters. The second kappa shape index (κ2) is 6.08. The maximum Gasteiger partial charge on any atom is 0.248 e. The molecule has 1 aliphatic heterocycles.